The second-order valence-electron chi connectivity index (χ2n) is 13.9. The lowest BCUT2D eigenvalue weighted by atomic mass is 9.99. The van der Waals surface area contributed by atoms with Gasteiger partial charge in [-0.15, -0.1) is 0 Å². The zero-order chi connectivity index (χ0) is 36.6. The second-order valence-corrected chi connectivity index (χ2v) is 13.9. The topological polar surface area (TPSA) is 92.7 Å². The van der Waals surface area contributed by atoms with Crippen molar-refractivity contribution in [1.82, 2.24) is 5.32 Å². The molecule has 0 aliphatic heterocycles. The summed E-state index contributed by atoms with van der Waals surface area (Å²) in [5, 5.41) is 11.9. The number of ether oxygens (including phenoxy) is 1. The van der Waals surface area contributed by atoms with Crippen LogP contribution in [-0.2, 0) is 19.1 Å². The molecule has 0 aliphatic rings. The van der Waals surface area contributed by atoms with Crippen molar-refractivity contribution in [3.8, 4) is 0 Å². The van der Waals surface area contributed by atoms with Crippen LogP contribution >= 0.6 is 0 Å². The normalized spacial score (nSPS) is 12.0. The molecular weight excluding hydrogens is 622 g/mol. The molecule has 0 radical (unpaired) electrons. The summed E-state index contributed by atoms with van der Waals surface area (Å²) >= 11 is 0. The highest BCUT2D eigenvalue weighted by molar-refractivity contribution is 5.80. The molecule has 0 heterocycles. The number of esters is 1. The van der Waals surface area contributed by atoms with E-state index >= 15 is 0 Å². The summed E-state index contributed by atoms with van der Waals surface area (Å²) in [7, 11) is 0. The lowest BCUT2D eigenvalue weighted by molar-refractivity contribution is -0.149. The molecule has 6 heteroatoms. The molecule has 2 N–H and O–H groups in total. The summed E-state index contributed by atoms with van der Waals surface area (Å²) in [5.41, 5.74) is 0. The van der Waals surface area contributed by atoms with Crippen LogP contribution in [0.4, 0.5) is 0 Å². The highest BCUT2D eigenvalue weighted by Crippen LogP contribution is 2.16. The van der Waals surface area contributed by atoms with Gasteiger partial charge in [0.1, 0.15) is 0 Å². The fourth-order valence-electron chi connectivity index (χ4n) is 5.92. The third kappa shape index (κ3) is 38.2. The van der Waals surface area contributed by atoms with Gasteiger partial charge in [-0.25, -0.2) is 0 Å². The second kappa shape index (κ2) is 39.2. The number of carboxylic acids is 1. The molecule has 1 amide bonds. The number of allylic oxidation sites excluding steroid dienone is 8. The Morgan fingerprint density at radius 1 is 0.520 bits per heavy atom. The molecule has 0 rings (SSSR count). The minimum absolute atomic E-state index is 0.0165. The van der Waals surface area contributed by atoms with Gasteiger partial charge in [-0.1, -0.05) is 152 Å². The number of carbonyl (C=O) groups excluding carboxylic acids is 2. The van der Waals surface area contributed by atoms with Crippen LogP contribution in [0.5, 0.6) is 0 Å². The van der Waals surface area contributed by atoms with Crippen molar-refractivity contribution in [2.75, 3.05) is 6.61 Å². The molecule has 0 fully saturated rings. The highest BCUT2D eigenvalue weighted by Gasteiger charge is 2.14. The maximum absolute atomic E-state index is 12.6. The van der Waals surface area contributed by atoms with Crippen molar-refractivity contribution in [3.05, 3.63) is 48.6 Å². The average Bonchev–Trinajstić information content (AvgIpc) is 3.10. The molecule has 50 heavy (non-hydrogen) atoms. The molecule has 288 valence electrons. The fourth-order valence-corrected chi connectivity index (χ4v) is 5.92. The maximum atomic E-state index is 12.6. The van der Waals surface area contributed by atoms with Crippen LogP contribution < -0.4 is 5.32 Å². The molecule has 0 atom stereocenters. The predicted octanol–water partition coefficient (Wildman–Crippen LogP) is 12.7. The number of amides is 1. The number of carbonyl (C=O) groups is 3. The van der Waals surface area contributed by atoms with Crippen LogP contribution in [0.1, 0.15) is 200 Å². The number of carboxylic acid groups (broad SMARTS) is 1. The van der Waals surface area contributed by atoms with Crippen molar-refractivity contribution < 1.29 is 24.2 Å². The van der Waals surface area contributed by atoms with Crippen molar-refractivity contribution in [3.63, 3.8) is 0 Å². The first kappa shape index (κ1) is 47.4. The Balaban J connectivity index is 4.23. The lowest BCUT2D eigenvalue weighted by Gasteiger charge is -2.19. The van der Waals surface area contributed by atoms with Crippen LogP contribution in [0.25, 0.3) is 0 Å². The van der Waals surface area contributed by atoms with Crippen molar-refractivity contribution >= 4 is 17.8 Å². The highest BCUT2D eigenvalue weighted by atomic mass is 16.5. The molecule has 6 nitrogen and oxygen atoms in total. The van der Waals surface area contributed by atoms with E-state index in [1.165, 1.54) is 116 Å². The first-order valence-electron chi connectivity index (χ1n) is 20.8. The Kier molecular flexibility index (Phi) is 37.1. The van der Waals surface area contributed by atoms with Crippen molar-refractivity contribution in [2.24, 2.45) is 0 Å². The Labute approximate surface area is 308 Å². The number of hydrogen-bond acceptors (Lipinski definition) is 4. The summed E-state index contributed by atoms with van der Waals surface area (Å²) in [6, 6.07) is 0.102. The summed E-state index contributed by atoms with van der Waals surface area (Å²) in [6.07, 6.45) is 49.7. The molecule has 0 spiro atoms. The minimum atomic E-state index is -0.938. The van der Waals surface area contributed by atoms with Gasteiger partial charge in [0.15, 0.2) is 6.61 Å². The van der Waals surface area contributed by atoms with E-state index in [0.29, 0.717) is 0 Å². The number of aliphatic carboxylic acids is 1. The van der Waals surface area contributed by atoms with Crippen molar-refractivity contribution in [1.29, 1.82) is 0 Å². The molecule has 0 aromatic heterocycles. The van der Waals surface area contributed by atoms with E-state index in [9.17, 15) is 14.4 Å². The molecule has 0 bridgehead atoms. The van der Waals surface area contributed by atoms with E-state index in [-0.39, 0.29) is 37.8 Å². The number of hydrogen-bond donors (Lipinski definition) is 2. The van der Waals surface area contributed by atoms with Gasteiger partial charge < -0.3 is 15.2 Å². The van der Waals surface area contributed by atoms with Gasteiger partial charge in [0, 0.05) is 18.9 Å². The summed E-state index contributed by atoms with van der Waals surface area (Å²) in [4.78, 5) is 35.1. The Hall–Kier alpha value is -2.63. The van der Waals surface area contributed by atoms with Crippen LogP contribution in [0.3, 0.4) is 0 Å². The molecule has 0 saturated carbocycles. The zero-order valence-electron chi connectivity index (χ0n) is 32.5. The third-order valence-electron chi connectivity index (χ3n) is 9.01. The Morgan fingerprint density at radius 3 is 1.34 bits per heavy atom. The third-order valence-corrected chi connectivity index (χ3v) is 9.01. The first-order chi connectivity index (χ1) is 24.5. The van der Waals surface area contributed by atoms with E-state index in [4.69, 9.17) is 9.84 Å². The first-order valence-corrected chi connectivity index (χ1v) is 20.8. The maximum Gasteiger partial charge on any atom is 0.306 e. The largest absolute Gasteiger partial charge is 0.481 e. The lowest BCUT2D eigenvalue weighted by Crippen LogP contribution is -2.37. The van der Waals surface area contributed by atoms with Gasteiger partial charge >= 0.3 is 11.9 Å². The molecule has 0 unspecified atom stereocenters. The van der Waals surface area contributed by atoms with E-state index < -0.39 is 11.9 Å². The van der Waals surface area contributed by atoms with E-state index in [2.05, 4.69) is 67.8 Å². The quantitative estimate of drug-likeness (QED) is 0.0382. The van der Waals surface area contributed by atoms with Crippen LogP contribution in [-0.4, -0.2) is 35.6 Å². The van der Waals surface area contributed by atoms with Gasteiger partial charge in [0.2, 0.25) is 0 Å². The molecular formula is C44H77NO5. The van der Waals surface area contributed by atoms with Crippen LogP contribution in [0.2, 0.25) is 0 Å². The average molecular weight is 700 g/mol. The van der Waals surface area contributed by atoms with Gasteiger partial charge in [-0.3, -0.25) is 14.4 Å². The van der Waals surface area contributed by atoms with E-state index in [1.807, 2.05) is 0 Å². The monoisotopic (exact) mass is 700 g/mol. The van der Waals surface area contributed by atoms with E-state index in [0.717, 1.165) is 51.4 Å². The molecule has 0 aromatic rings. The Bertz CT molecular complexity index is 858. The van der Waals surface area contributed by atoms with Gasteiger partial charge in [0.25, 0.3) is 5.91 Å². The number of unbranched alkanes of at least 4 members (excludes halogenated alkanes) is 18. The number of rotatable bonds is 37. The molecule has 0 saturated heterocycles. The van der Waals surface area contributed by atoms with Crippen LogP contribution in [0, 0.1) is 0 Å². The molecule has 0 aliphatic carbocycles. The van der Waals surface area contributed by atoms with Gasteiger partial charge in [-0.05, 0) is 83.5 Å². The van der Waals surface area contributed by atoms with Gasteiger partial charge in [0.05, 0.1) is 0 Å². The van der Waals surface area contributed by atoms with E-state index in [1.54, 1.807) is 0 Å². The molecule has 0 aromatic carbocycles. The Morgan fingerprint density at radius 2 is 0.920 bits per heavy atom. The van der Waals surface area contributed by atoms with Crippen molar-refractivity contribution in [2.45, 2.75) is 206 Å². The van der Waals surface area contributed by atoms with Crippen LogP contribution in [0.15, 0.2) is 48.6 Å². The summed E-state index contributed by atoms with van der Waals surface area (Å²) in [5.74, 6) is -1.72. The van der Waals surface area contributed by atoms with Gasteiger partial charge in [-0.2, -0.15) is 0 Å². The fraction of sp³-hybridized carbons (Fsp3) is 0.750. The minimum Gasteiger partial charge on any atom is -0.481 e. The summed E-state index contributed by atoms with van der Waals surface area (Å²) < 4.78 is 5.10. The number of nitrogens with one attached hydrogen (secondary N) is 1. The smallest absolute Gasteiger partial charge is 0.306 e. The SMILES string of the molecule is CCCCC/C=C\C/C=C\CCCCCCCCC(CCCCCCCC/C=C\C/C=C\CCCCC)NC(=O)COC(=O)CCCC(=O)O. The summed E-state index contributed by atoms with van der Waals surface area (Å²) in [6.45, 7) is 4.19. The standard InChI is InChI=1S/C44H77NO5/c1-3-5-7-9-11-13-15-17-19-21-23-25-27-29-31-33-36-41(45-42(46)40-50-44(49)39-35-38-43(47)48)37-34-32-30-28-26-24-22-20-18-16-14-12-10-8-6-4-2/h11-14,17-20,41H,3-10,15-16,21-40H2,1-2H3,(H,45,46)(H,47,48)/b13-11-,14-12-,19-17-,20-18-. The predicted molar refractivity (Wildman–Crippen MR) is 212 cm³/mol. The zero-order valence-corrected chi connectivity index (χ0v) is 32.5.